The number of benzene rings is 2. The first-order valence-corrected chi connectivity index (χ1v) is 9.55. The Morgan fingerprint density at radius 2 is 1.59 bits per heavy atom. The van der Waals surface area contributed by atoms with Gasteiger partial charge in [-0.3, -0.25) is 9.59 Å². The van der Waals surface area contributed by atoms with Crippen molar-refractivity contribution >= 4 is 23.5 Å². The molecule has 0 heterocycles. The molecule has 0 fully saturated rings. The first-order chi connectivity index (χ1) is 13.7. The molecule has 0 radical (unpaired) electrons. The molecule has 2 aromatic rings. The number of primary amides is 1. The maximum Gasteiger partial charge on any atom is 0.315 e. The average molecular weight is 396 g/mol. The van der Waals surface area contributed by atoms with Gasteiger partial charge in [0, 0.05) is 17.8 Å². The van der Waals surface area contributed by atoms with Gasteiger partial charge in [0.25, 0.3) is 0 Å². The summed E-state index contributed by atoms with van der Waals surface area (Å²) < 4.78 is 0. The lowest BCUT2D eigenvalue weighted by Crippen LogP contribution is -2.48. The minimum Gasteiger partial charge on any atom is -0.366 e. The Kier molecular flexibility index (Phi) is 7.77. The fourth-order valence-corrected chi connectivity index (χ4v) is 2.75. The van der Waals surface area contributed by atoms with Crippen LogP contribution in [0.25, 0.3) is 0 Å². The molecule has 2 rings (SSSR count). The van der Waals surface area contributed by atoms with Crippen LogP contribution in [0.2, 0.25) is 0 Å². The smallest absolute Gasteiger partial charge is 0.315 e. The standard InChI is InChI=1S/C22H28N4O3/c1-14(2)12-19(21(28)25-18-10-8-17(9-11-18)20(23)27)26-22(29)24-13-16-6-4-15(3)5-7-16/h4-11,14,19H,12-13H2,1-3H3,(H2,23,27)(H,25,28)(H2,24,26,29)/t19-/m0/s1. The van der Waals surface area contributed by atoms with Crippen molar-refractivity contribution in [3.63, 3.8) is 0 Å². The van der Waals surface area contributed by atoms with E-state index >= 15 is 0 Å². The molecule has 0 spiro atoms. The number of anilines is 1. The third-order valence-corrected chi connectivity index (χ3v) is 4.34. The monoisotopic (exact) mass is 396 g/mol. The Labute approximate surface area is 171 Å². The van der Waals surface area contributed by atoms with Crippen LogP contribution in [-0.4, -0.2) is 23.9 Å². The van der Waals surface area contributed by atoms with E-state index in [9.17, 15) is 14.4 Å². The predicted molar refractivity (Wildman–Crippen MR) is 113 cm³/mol. The maximum atomic E-state index is 12.7. The van der Waals surface area contributed by atoms with Crippen molar-refractivity contribution < 1.29 is 14.4 Å². The zero-order chi connectivity index (χ0) is 21.4. The molecule has 7 heteroatoms. The zero-order valence-electron chi connectivity index (χ0n) is 17.0. The summed E-state index contributed by atoms with van der Waals surface area (Å²) in [6, 6.07) is 13.0. The van der Waals surface area contributed by atoms with Gasteiger partial charge in [-0.2, -0.15) is 0 Å². The van der Waals surface area contributed by atoms with Crippen LogP contribution < -0.4 is 21.7 Å². The van der Waals surface area contributed by atoms with Gasteiger partial charge in [-0.05, 0) is 49.1 Å². The van der Waals surface area contributed by atoms with Crippen LogP contribution >= 0.6 is 0 Å². The SMILES string of the molecule is Cc1ccc(CNC(=O)N[C@@H](CC(C)C)C(=O)Nc2ccc(C(N)=O)cc2)cc1. The molecule has 0 aromatic heterocycles. The molecule has 0 aliphatic carbocycles. The molecular formula is C22H28N4O3. The second kappa shape index (κ2) is 10.3. The number of carbonyl (C=O) groups is 3. The number of rotatable bonds is 8. The van der Waals surface area contributed by atoms with Gasteiger partial charge in [-0.25, -0.2) is 4.79 Å². The molecular weight excluding hydrogens is 368 g/mol. The molecule has 4 amide bonds. The Morgan fingerprint density at radius 1 is 0.966 bits per heavy atom. The van der Waals surface area contributed by atoms with Crippen LogP contribution in [0.5, 0.6) is 0 Å². The van der Waals surface area contributed by atoms with E-state index in [2.05, 4.69) is 16.0 Å². The minimum atomic E-state index is -0.691. The van der Waals surface area contributed by atoms with E-state index in [0.717, 1.165) is 11.1 Å². The number of urea groups is 1. The van der Waals surface area contributed by atoms with Crippen LogP contribution in [0.15, 0.2) is 48.5 Å². The van der Waals surface area contributed by atoms with Crippen molar-refractivity contribution in [2.24, 2.45) is 11.7 Å². The fourth-order valence-electron chi connectivity index (χ4n) is 2.75. The van der Waals surface area contributed by atoms with Crippen LogP contribution in [0.1, 0.15) is 41.8 Å². The van der Waals surface area contributed by atoms with E-state index in [1.807, 2.05) is 45.0 Å². The van der Waals surface area contributed by atoms with Crippen LogP contribution in [0.3, 0.4) is 0 Å². The summed E-state index contributed by atoms with van der Waals surface area (Å²) in [7, 11) is 0. The molecule has 1 atom stereocenters. The Hall–Kier alpha value is -3.35. The molecule has 0 unspecified atom stereocenters. The molecule has 29 heavy (non-hydrogen) atoms. The summed E-state index contributed by atoms with van der Waals surface area (Å²) in [6.07, 6.45) is 0.489. The van der Waals surface area contributed by atoms with Gasteiger partial charge in [0.1, 0.15) is 6.04 Å². The number of nitrogens with two attached hydrogens (primary N) is 1. The van der Waals surface area contributed by atoms with Gasteiger partial charge in [0.15, 0.2) is 0 Å². The summed E-state index contributed by atoms with van der Waals surface area (Å²) in [5, 5.41) is 8.29. The van der Waals surface area contributed by atoms with Crippen molar-refractivity contribution in [3.05, 3.63) is 65.2 Å². The number of hydrogen-bond acceptors (Lipinski definition) is 3. The van der Waals surface area contributed by atoms with Gasteiger partial charge in [-0.15, -0.1) is 0 Å². The van der Waals surface area contributed by atoms with E-state index in [1.54, 1.807) is 12.1 Å². The third-order valence-electron chi connectivity index (χ3n) is 4.34. The average Bonchev–Trinajstić information content (AvgIpc) is 2.67. The molecule has 0 aliphatic rings. The highest BCUT2D eigenvalue weighted by Gasteiger charge is 2.22. The normalized spacial score (nSPS) is 11.6. The lowest BCUT2D eigenvalue weighted by atomic mass is 10.0. The number of amides is 4. The molecule has 7 nitrogen and oxygen atoms in total. The molecule has 0 saturated carbocycles. The predicted octanol–water partition coefficient (Wildman–Crippen LogP) is 2.95. The first kappa shape index (κ1) is 21.9. The Bertz CT molecular complexity index is 845. The van der Waals surface area contributed by atoms with E-state index < -0.39 is 18.0 Å². The molecule has 154 valence electrons. The van der Waals surface area contributed by atoms with E-state index in [0.29, 0.717) is 24.2 Å². The molecule has 0 saturated heterocycles. The van der Waals surface area contributed by atoms with Crippen molar-refractivity contribution in [2.75, 3.05) is 5.32 Å². The summed E-state index contributed by atoms with van der Waals surface area (Å²) in [5.41, 5.74) is 8.23. The molecule has 2 aromatic carbocycles. The van der Waals surface area contributed by atoms with Crippen molar-refractivity contribution in [1.82, 2.24) is 10.6 Å². The molecule has 5 N–H and O–H groups in total. The lowest BCUT2D eigenvalue weighted by molar-refractivity contribution is -0.118. The van der Waals surface area contributed by atoms with Crippen molar-refractivity contribution in [1.29, 1.82) is 0 Å². The Morgan fingerprint density at radius 3 is 2.14 bits per heavy atom. The summed E-state index contributed by atoms with van der Waals surface area (Å²) in [4.78, 5) is 36.1. The van der Waals surface area contributed by atoms with Crippen LogP contribution in [-0.2, 0) is 11.3 Å². The number of nitrogens with one attached hydrogen (secondary N) is 3. The highest BCUT2D eigenvalue weighted by molar-refractivity contribution is 5.98. The Balaban J connectivity index is 1.95. The number of hydrogen-bond donors (Lipinski definition) is 4. The molecule has 0 bridgehead atoms. The van der Waals surface area contributed by atoms with Crippen LogP contribution in [0.4, 0.5) is 10.5 Å². The topological polar surface area (TPSA) is 113 Å². The van der Waals surface area contributed by atoms with Gasteiger partial charge in [-0.1, -0.05) is 43.7 Å². The van der Waals surface area contributed by atoms with Gasteiger partial charge in [0.2, 0.25) is 11.8 Å². The summed E-state index contributed by atoms with van der Waals surface area (Å²) >= 11 is 0. The van der Waals surface area contributed by atoms with Gasteiger partial charge >= 0.3 is 6.03 Å². The van der Waals surface area contributed by atoms with Crippen molar-refractivity contribution in [2.45, 2.75) is 39.8 Å². The minimum absolute atomic E-state index is 0.209. The molecule has 0 aliphatic heterocycles. The first-order valence-electron chi connectivity index (χ1n) is 9.55. The zero-order valence-corrected chi connectivity index (χ0v) is 17.0. The maximum absolute atomic E-state index is 12.7. The van der Waals surface area contributed by atoms with E-state index in [1.165, 1.54) is 12.1 Å². The van der Waals surface area contributed by atoms with E-state index in [-0.39, 0.29) is 11.8 Å². The summed E-state index contributed by atoms with van der Waals surface area (Å²) in [5.74, 6) is -0.649. The second-order valence-electron chi connectivity index (χ2n) is 7.43. The highest BCUT2D eigenvalue weighted by Crippen LogP contribution is 2.12. The largest absolute Gasteiger partial charge is 0.366 e. The lowest BCUT2D eigenvalue weighted by Gasteiger charge is -2.20. The van der Waals surface area contributed by atoms with Crippen molar-refractivity contribution in [3.8, 4) is 0 Å². The highest BCUT2D eigenvalue weighted by atomic mass is 16.2. The summed E-state index contributed by atoms with van der Waals surface area (Å²) in [6.45, 7) is 6.33. The number of aryl methyl sites for hydroxylation is 1. The van der Waals surface area contributed by atoms with Gasteiger partial charge in [0.05, 0.1) is 0 Å². The van der Waals surface area contributed by atoms with E-state index in [4.69, 9.17) is 5.73 Å². The quantitative estimate of drug-likeness (QED) is 0.550. The second-order valence-corrected chi connectivity index (χ2v) is 7.43. The van der Waals surface area contributed by atoms with Gasteiger partial charge < -0.3 is 21.7 Å². The van der Waals surface area contributed by atoms with Crippen LogP contribution in [0, 0.1) is 12.8 Å². The number of carbonyl (C=O) groups excluding carboxylic acids is 3. The third kappa shape index (κ3) is 7.29. The fraction of sp³-hybridized carbons (Fsp3) is 0.318.